The summed E-state index contributed by atoms with van der Waals surface area (Å²) in [4.78, 5) is 16.9. The Morgan fingerprint density at radius 2 is 1.70 bits per heavy atom. The van der Waals surface area contributed by atoms with E-state index < -0.39 is 5.97 Å². The average Bonchev–Trinajstić information content (AvgIpc) is 2.68. The van der Waals surface area contributed by atoms with Crippen molar-refractivity contribution in [3.63, 3.8) is 0 Å². The van der Waals surface area contributed by atoms with Gasteiger partial charge in [-0.25, -0.2) is 4.79 Å². The summed E-state index contributed by atoms with van der Waals surface area (Å²) < 4.78 is 16.1. The summed E-state index contributed by atoms with van der Waals surface area (Å²) in [7, 11) is 3.15. The maximum atomic E-state index is 12.5. The van der Waals surface area contributed by atoms with E-state index in [1.54, 1.807) is 33.3 Å². The van der Waals surface area contributed by atoms with Gasteiger partial charge in [0.25, 0.3) is 0 Å². The first-order valence-corrected chi connectivity index (χ1v) is 8.22. The van der Waals surface area contributed by atoms with E-state index in [-0.39, 0.29) is 19.0 Å². The molecule has 0 saturated carbocycles. The number of rotatable bonds is 6. The van der Waals surface area contributed by atoms with Crippen LogP contribution < -0.4 is 14.8 Å². The molecule has 0 amide bonds. The van der Waals surface area contributed by atoms with Crippen molar-refractivity contribution in [1.82, 2.24) is 4.98 Å². The molecule has 0 aliphatic rings. The summed E-state index contributed by atoms with van der Waals surface area (Å²) >= 11 is 0. The topological polar surface area (TPSA) is 69.7 Å². The van der Waals surface area contributed by atoms with Crippen molar-refractivity contribution < 1.29 is 19.0 Å². The van der Waals surface area contributed by atoms with Gasteiger partial charge in [0.05, 0.1) is 31.9 Å². The normalized spacial score (nSPS) is 10.0. The second-order valence-electron chi connectivity index (χ2n) is 5.45. The number of halogens is 1. The van der Waals surface area contributed by atoms with Crippen molar-refractivity contribution in [2.45, 2.75) is 6.92 Å². The number of methoxy groups -OCH3 is 2. The van der Waals surface area contributed by atoms with Crippen LogP contribution in [0.3, 0.4) is 0 Å². The second-order valence-corrected chi connectivity index (χ2v) is 5.45. The number of ether oxygens (including phenoxy) is 3. The fraction of sp³-hybridized carbons (Fsp3) is 0.200. The van der Waals surface area contributed by atoms with Gasteiger partial charge in [-0.2, -0.15) is 0 Å². The van der Waals surface area contributed by atoms with Gasteiger partial charge in [-0.3, -0.25) is 4.98 Å². The molecule has 0 unspecified atom stereocenters. The third-order valence-electron chi connectivity index (χ3n) is 3.92. The van der Waals surface area contributed by atoms with E-state index in [2.05, 4.69) is 10.3 Å². The molecule has 0 radical (unpaired) electrons. The predicted octanol–water partition coefficient (Wildman–Crippen LogP) is 4.59. The molecule has 0 aliphatic heterocycles. The van der Waals surface area contributed by atoms with E-state index in [0.717, 1.165) is 5.69 Å². The Balaban J connectivity index is 0.00000261. The number of hydrogen-bond donors (Lipinski definition) is 1. The molecule has 0 bridgehead atoms. The number of benzene rings is 2. The predicted molar refractivity (Wildman–Crippen MR) is 108 cm³/mol. The largest absolute Gasteiger partial charge is 0.496 e. The molecule has 0 saturated heterocycles. The van der Waals surface area contributed by atoms with Crippen LogP contribution in [0.5, 0.6) is 11.5 Å². The second kappa shape index (κ2) is 9.09. The number of nitrogens with one attached hydrogen (secondary N) is 1. The van der Waals surface area contributed by atoms with Crippen LogP contribution in [0.4, 0.5) is 11.4 Å². The van der Waals surface area contributed by atoms with Crippen molar-refractivity contribution in [2.75, 3.05) is 26.1 Å². The quantitative estimate of drug-likeness (QED) is 0.622. The minimum absolute atomic E-state index is 0. The fourth-order valence-corrected chi connectivity index (χ4v) is 2.75. The van der Waals surface area contributed by atoms with Gasteiger partial charge in [0.2, 0.25) is 0 Å². The number of nitrogens with zero attached hydrogens (tertiary/aromatic N) is 1. The van der Waals surface area contributed by atoms with Crippen molar-refractivity contribution in [1.29, 1.82) is 0 Å². The molecule has 0 atom stereocenters. The Labute approximate surface area is 163 Å². The van der Waals surface area contributed by atoms with Crippen LogP contribution in [0.25, 0.3) is 10.9 Å². The highest BCUT2D eigenvalue weighted by Gasteiger charge is 2.21. The summed E-state index contributed by atoms with van der Waals surface area (Å²) in [6.07, 6.45) is 1.49. The van der Waals surface area contributed by atoms with Crippen molar-refractivity contribution in [3.05, 3.63) is 54.2 Å². The SMILES string of the molecule is CCOC(=O)c1cnc2c(OC)ccc(OC)c2c1Nc1ccccc1.Cl. The first kappa shape index (κ1) is 20.3. The minimum atomic E-state index is -0.454. The zero-order chi connectivity index (χ0) is 18.5. The lowest BCUT2D eigenvalue weighted by molar-refractivity contribution is 0.0527. The van der Waals surface area contributed by atoms with Crippen molar-refractivity contribution >= 4 is 40.7 Å². The highest BCUT2D eigenvalue weighted by molar-refractivity contribution is 6.09. The molecule has 0 fully saturated rings. The molecule has 3 rings (SSSR count). The molecule has 1 N–H and O–H groups in total. The molecule has 1 heterocycles. The lowest BCUT2D eigenvalue weighted by Gasteiger charge is -2.17. The molecule has 0 aliphatic carbocycles. The Bertz CT molecular complexity index is 932. The van der Waals surface area contributed by atoms with Crippen molar-refractivity contribution in [2.24, 2.45) is 0 Å². The molecule has 1 aromatic heterocycles. The number of pyridine rings is 1. The molecule has 2 aromatic carbocycles. The van der Waals surface area contributed by atoms with E-state index >= 15 is 0 Å². The average molecular weight is 389 g/mol. The Kier molecular flexibility index (Phi) is 6.85. The smallest absolute Gasteiger partial charge is 0.341 e. The molecule has 6 nitrogen and oxygen atoms in total. The maximum Gasteiger partial charge on any atom is 0.341 e. The third-order valence-corrected chi connectivity index (χ3v) is 3.92. The van der Waals surface area contributed by atoms with Gasteiger partial charge in [-0.05, 0) is 31.2 Å². The summed E-state index contributed by atoms with van der Waals surface area (Å²) in [5, 5.41) is 3.96. The highest BCUT2D eigenvalue weighted by atomic mass is 35.5. The van der Waals surface area contributed by atoms with Crippen LogP contribution in [0, 0.1) is 0 Å². The first-order chi connectivity index (χ1) is 12.7. The lowest BCUT2D eigenvalue weighted by Crippen LogP contribution is -2.10. The van der Waals surface area contributed by atoms with Gasteiger partial charge in [0.1, 0.15) is 22.6 Å². The number of esters is 1. The number of carbonyl (C=O) groups excluding carboxylic acids is 1. The number of aromatic nitrogens is 1. The van der Waals surface area contributed by atoms with Gasteiger partial charge in [-0.15, -0.1) is 12.4 Å². The summed E-state index contributed by atoms with van der Waals surface area (Å²) in [5.41, 5.74) is 2.32. The molecular formula is C20H21ClN2O4. The van der Waals surface area contributed by atoms with E-state index in [9.17, 15) is 4.79 Å². The van der Waals surface area contributed by atoms with E-state index in [4.69, 9.17) is 14.2 Å². The molecule has 7 heteroatoms. The van der Waals surface area contributed by atoms with E-state index in [0.29, 0.717) is 33.7 Å². The zero-order valence-corrected chi connectivity index (χ0v) is 16.1. The van der Waals surface area contributed by atoms with E-state index in [1.807, 2.05) is 30.3 Å². The van der Waals surface area contributed by atoms with Gasteiger partial charge < -0.3 is 19.5 Å². The first-order valence-electron chi connectivity index (χ1n) is 8.22. The Morgan fingerprint density at radius 1 is 1.04 bits per heavy atom. The molecule has 27 heavy (non-hydrogen) atoms. The highest BCUT2D eigenvalue weighted by Crippen LogP contribution is 2.39. The van der Waals surface area contributed by atoms with E-state index in [1.165, 1.54) is 6.20 Å². The fourth-order valence-electron chi connectivity index (χ4n) is 2.75. The van der Waals surface area contributed by atoms with Gasteiger partial charge in [0, 0.05) is 11.9 Å². The summed E-state index contributed by atoms with van der Waals surface area (Å²) in [6.45, 7) is 2.04. The summed E-state index contributed by atoms with van der Waals surface area (Å²) in [5.74, 6) is 0.718. The Hall–Kier alpha value is -2.99. The van der Waals surface area contributed by atoms with Crippen LogP contribution in [0.1, 0.15) is 17.3 Å². The zero-order valence-electron chi connectivity index (χ0n) is 15.3. The van der Waals surface area contributed by atoms with Crippen LogP contribution in [-0.2, 0) is 4.74 Å². The number of anilines is 2. The lowest BCUT2D eigenvalue weighted by atomic mass is 10.1. The Morgan fingerprint density at radius 3 is 2.33 bits per heavy atom. The van der Waals surface area contributed by atoms with Gasteiger partial charge in [-0.1, -0.05) is 18.2 Å². The van der Waals surface area contributed by atoms with Crippen LogP contribution >= 0.6 is 12.4 Å². The number of hydrogen-bond acceptors (Lipinski definition) is 6. The van der Waals surface area contributed by atoms with Crippen LogP contribution in [0.2, 0.25) is 0 Å². The van der Waals surface area contributed by atoms with Crippen LogP contribution in [0.15, 0.2) is 48.7 Å². The molecular weight excluding hydrogens is 368 g/mol. The number of fused-ring (bicyclic) bond motifs is 1. The minimum Gasteiger partial charge on any atom is -0.496 e. The maximum absolute atomic E-state index is 12.5. The van der Waals surface area contributed by atoms with Gasteiger partial charge >= 0.3 is 5.97 Å². The van der Waals surface area contributed by atoms with Gasteiger partial charge in [0.15, 0.2) is 0 Å². The summed E-state index contributed by atoms with van der Waals surface area (Å²) in [6, 6.07) is 13.1. The molecule has 142 valence electrons. The van der Waals surface area contributed by atoms with Crippen LogP contribution in [-0.4, -0.2) is 31.8 Å². The molecule has 0 spiro atoms. The molecule has 3 aromatic rings. The van der Waals surface area contributed by atoms with Crippen molar-refractivity contribution in [3.8, 4) is 11.5 Å². The third kappa shape index (κ3) is 4.06. The number of para-hydroxylation sites is 1. The standard InChI is InChI=1S/C20H20N2O4.ClH/c1-4-26-20(23)14-12-21-19-16(25-3)11-10-15(24-2)17(19)18(14)22-13-8-6-5-7-9-13;/h5-12H,4H2,1-3H3,(H,21,22);1H. The number of carbonyl (C=O) groups is 1. The monoisotopic (exact) mass is 388 g/mol.